The minimum absolute atomic E-state index is 0.0502. The number of aliphatic hydroxyl groups excluding tert-OH is 1. The molecule has 0 spiro atoms. The Morgan fingerprint density at radius 2 is 2.00 bits per heavy atom. The molecule has 1 heterocycles. The van der Waals surface area contributed by atoms with Crippen LogP contribution < -0.4 is 5.32 Å². The van der Waals surface area contributed by atoms with Crippen molar-refractivity contribution in [1.82, 2.24) is 10.2 Å². The van der Waals surface area contributed by atoms with E-state index in [1.165, 1.54) is 0 Å². The molecule has 2 aliphatic rings. The van der Waals surface area contributed by atoms with Gasteiger partial charge < -0.3 is 15.3 Å². The number of aliphatic hydroxyl groups is 1. The molecule has 0 radical (unpaired) electrons. The zero-order chi connectivity index (χ0) is 12.3. The first kappa shape index (κ1) is 12.8. The highest BCUT2D eigenvalue weighted by molar-refractivity contribution is 5.83. The van der Waals surface area contributed by atoms with Gasteiger partial charge >= 0.3 is 0 Å². The summed E-state index contributed by atoms with van der Waals surface area (Å²) in [5.41, 5.74) is 0. The van der Waals surface area contributed by atoms with Gasteiger partial charge in [-0.05, 0) is 44.6 Å². The van der Waals surface area contributed by atoms with E-state index >= 15 is 0 Å². The average Bonchev–Trinajstić information content (AvgIpc) is 2.65. The first-order valence-electron chi connectivity index (χ1n) is 6.91. The third kappa shape index (κ3) is 3.19. The number of likely N-dealkylation sites (tertiary alicyclic amines) is 1. The van der Waals surface area contributed by atoms with Crippen molar-refractivity contribution in [2.45, 2.75) is 51.2 Å². The Morgan fingerprint density at radius 1 is 1.29 bits per heavy atom. The van der Waals surface area contributed by atoms with Gasteiger partial charge in [-0.15, -0.1) is 0 Å². The number of amides is 1. The van der Waals surface area contributed by atoms with Gasteiger partial charge in [0.05, 0.1) is 12.1 Å². The van der Waals surface area contributed by atoms with E-state index in [1.54, 1.807) is 0 Å². The molecule has 0 aromatic heterocycles. The van der Waals surface area contributed by atoms with Gasteiger partial charge in [0.1, 0.15) is 0 Å². The quantitative estimate of drug-likeness (QED) is 0.762. The number of nitrogens with zero attached hydrogens (tertiary/aromatic N) is 1. The van der Waals surface area contributed by atoms with Crippen LogP contribution in [-0.2, 0) is 4.79 Å². The van der Waals surface area contributed by atoms with Crippen molar-refractivity contribution in [2.24, 2.45) is 5.92 Å². The van der Waals surface area contributed by atoms with Crippen LogP contribution in [0.1, 0.15) is 39.0 Å². The number of carbonyl (C=O) groups is 1. The van der Waals surface area contributed by atoms with Gasteiger partial charge in [-0.3, -0.25) is 4.79 Å². The number of rotatable bonds is 4. The van der Waals surface area contributed by atoms with E-state index in [-0.39, 0.29) is 18.1 Å². The standard InChI is InChI=1S/C13H24N2O2/c1-2-14-12-7-8-15(13(12)17)9-10-3-5-11(16)6-4-10/h10-12,14,16H,2-9H2,1H3. The van der Waals surface area contributed by atoms with Crippen molar-refractivity contribution >= 4 is 5.91 Å². The van der Waals surface area contributed by atoms with Crippen molar-refractivity contribution in [3.05, 3.63) is 0 Å². The highest BCUT2D eigenvalue weighted by Gasteiger charge is 2.32. The fourth-order valence-electron chi connectivity index (χ4n) is 3.00. The lowest BCUT2D eigenvalue weighted by Gasteiger charge is -2.29. The van der Waals surface area contributed by atoms with Gasteiger partial charge in [-0.25, -0.2) is 0 Å². The van der Waals surface area contributed by atoms with E-state index in [0.717, 1.165) is 51.7 Å². The van der Waals surface area contributed by atoms with Crippen molar-refractivity contribution in [2.75, 3.05) is 19.6 Å². The molecule has 2 N–H and O–H groups in total. The summed E-state index contributed by atoms with van der Waals surface area (Å²) in [4.78, 5) is 14.1. The van der Waals surface area contributed by atoms with E-state index in [1.807, 2.05) is 11.8 Å². The van der Waals surface area contributed by atoms with Crippen LogP contribution in [-0.4, -0.2) is 47.7 Å². The molecule has 1 unspecified atom stereocenters. The third-order valence-electron chi connectivity index (χ3n) is 4.04. The molecule has 1 aliphatic heterocycles. The van der Waals surface area contributed by atoms with Crippen LogP contribution in [0.25, 0.3) is 0 Å². The summed E-state index contributed by atoms with van der Waals surface area (Å²) in [5.74, 6) is 0.876. The van der Waals surface area contributed by atoms with Crippen LogP contribution in [0, 0.1) is 5.92 Å². The first-order chi connectivity index (χ1) is 8.20. The van der Waals surface area contributed by atoms with Crippen molar-refractivity contribution in [1.29, 1.82) is 0 Å². The van der Waals surface area contributed by atoms with E-state index < -0.39 is 0 Å². The molecule has 0 aromatic rings. The van der Waals surface area contributed by atoms with Gasteiger partial charge in [-0.2, -0.15) is 0 Å². The second-order valence-corrected chi connectivity index (χ2v) is 5.36. The summed E-state index contributed by atoms with van der Waals surface area (Å²) in [6.07, 6.45) is 4.79. The Bertz CT molecular complexity index is 262. The van der Waals surface area contributed by atoms with E-state index in [9.17, 15) is 9.90 Å². The van der Waals surface area contributed by atoms with Crippen LogP contribution in [0.3, 0.4) is 0 Å². The zero-order valence-corrected chi connectivity index (χ0v) is 10.7. The van der Waals surface area contributed by atoms with Crippen LogP contribution in [0.15, 0.2) is 0 Å². The van der Waals surface area contributed by atoms with Crippen LogP contribution in [0.4, 0.5) is 0 Å². The molecular weight excluding hydrogens is 216 g/mol. The fourth-order valence-corrected chi connectivity index (χ4v) is 3.00. The Kier molecular flexibility index (Phi) is 4.40. The Morgan fingerprint density at radius 3 is 2.65 bits per heavy atom. The summed E-state index contributed by atoms with van der Waals surface area (Å²) in [6.45, 7) is 4.70. The van der Waals surface area contributed by atoms with Crippen LogP contribution in [0.2, 0.25) is 0 Å². The number of likely N-dealkylation sites (N-methyl/N-ethyl adjacent to an activating group) is 1. The predicted octanol–water partition coefficient (Wildman–Crippen LogP) is 0.748. The minimum atomic E-state index is -0.102. The van der Waals surface area contributed by atoms with Crippen molar-refractivity contribution < 1.29 is 9.90 Å². The average molecular weight is 240 g/mol. The molecule has 2 rings (SSSR count). The largest absolute Gasteiger partial charge is 0.393 e. The molecule has 1 saturated carbocycles. The summed E-state index contributed by atoms with van der Waals surface area (Å²) in [6, 6.07) is 0.0502. The van der Waals surface area contributed by atoms with Crippen molar-refractivity contribution in [3.63, 3.8) is 0 Å². The molecule has 4 nitrogen and oxygen atoms in total. The maximum absolute atomic E-state index is 12.0. The molecule has 98 valence electrons. The smallest absolute Gasteiger partial charge is 0.239 e. The maximum Gasteiger partial charge on any atom is 0.239 e. The lowest BCUT2D eigenvalue weighted by molar-refractivity contribution is -0.130. The summed E-state index contributed by atoms with van der Waals surface area (Å²) < 4.78 is 0. The van der Waals surface area contributed by atoms with E-state index in [4.69, 9.17) is 0 Å². The monoisotopic (exact) mass is 240 g/mol. The molecule has 4 heteroatoms. The number of nitrogens with one attached hydrogen (secondary N) is 1. The van der Waals surface area contributed by atoms with E-state index in [0.29, 0.717) is 5.92 Å². The molecule has 1 amide bonds. The second kappa shape index (κ2) is 5.83. The molecule has 1 atom stereocenters. The Hall–Kier alpha value is -0.610. The SMILES string of the molecule is CCNC1CCN(CC2CCC(O)CC2)C1=O. The summed E-state index contributed by atoms with van der Waals surface area (Å²) in [7, 11) is 0. The molecule has 2 fully saturated rings. The predicted molar refractivity (Wildman–Crippen MR) is 66.6 cm³/mol. The lowest BCUT2D eigenvalue weighted by Crippen LogP contribution is -2.40. The maximum atomic E-state index is 12.0. The highest BCUT2D eigenvalue weighted by Crippen LogP contribution is 2.26. The molecule has 1 saturated heterocycles. The lowest BCUT2D eigenvalue weighted by atomic mass is 9.87. The third-order valence-corrected chi connectivity index (χ3v) is 4.04. The first-order valence-corrected chi connectivity index (χ1v) is 6.91. The van der Waals surface area contributed by atoms with Crippen LogP contribution in [0.5, 0.6) is 0 Å². The van der Waals surface area contributed by atoms with E-state index in [2.05, 4.69) is 5.32 Å². The highest BCUT2D eigenvalue weighted by atomic mass is 16.3. The van der Waals surface area contributed by atoms with Gasteiger partial charge in [0.2, 0.25) is 5.91 Å². The summed E-state index contributed by atoms with van der Waals surface area (Å²) >= 11 is 0. The molecule has 0 bridgehead atoms. The molecule has 17 heavy (non-hydrogen) atoms. The van der Waals surface area contributed by atoms with Gasteiger partial charge in [-0.1, -0.05) is 6.92 Å². The Labute approximate surface area is 103 Å². The van der Waals surface area contributed by atoms with Gasteiger partial charge in [0.15, 0.2) is 0 Å². The molecular formula is C13H24N2O2. The number of hydrogen-bond acceptors (Lipinski definition) is 3. The topological polar surface area (TPSA) is 52.6 Å². The van der Waals surface area contributed by atoms with Gasteiger partial charge in [0.25, 0.3) is 0 Å². The normalized spacial score (nSPS) is 34.4. The second-order valence-electron chi connectivity index (χ2n) is 5.36. The fraction of sp³-hybridized carbons (Fsp3) is 0.923. The van der Waals surface area contributed by atoms with Crippen molar-refractivity contribution in [3.8, 4) is 0 Å². The summed E-state index contributed by atoms with van der Waals surface area (Å²) in [5, 5.41) is 12.7. The molecule has 0 aromatic carbocycles. The van der Waals surface area contributed by atoms with Crippen LogP contribution >= 0.6 is 0 Å². The number of carbonyl (C=O) groups excluding carboxylic acids is 1. The number of hydrogen-bond donors (Lipinski definition) is 2. The molecule has 1 aliphatic carbocycles. The van der Waals surface area contributed by atoms with Gasteiger partial charge in [0, 0.05) is 13.1 Å². The zero-order valence-electron chi connectivity index (χ0n) is 10.7. The Balaban J connectivity index is 1.78. The minimum Gasteiger partial charge on any atom is -0.393 e.